The largest absolute Gasteiger partial charge is 0.313 e. The molecule has 0 saturated carbocycles. The highest BCUT2D eigenvalue weighted by Crippen LogP contribution is 1.97. The molecule has 1 N–H and O–H groups in total. The lowest BCUT2D eigenvalue weighted by atomic mass is 10.1. The van der Waals surface area contributed by atoms with Gasteiger partial charge in [-0.2, -0.15) is 5.26 Å². The quantitative estimate of drug-likeness (QED) is 0.768. The monoisotopic (exact) mass is 203 g/mol. The number of pyridine rings is 1. The Morgan fingerprint density at radius 3 is 3.00 bits per heavy atom. The molecule has 0 aliphatic rings. The molecule has 1 rings (SSSR count). The molecule has 80 valence electrons. The lowest BCUT2D eigenvalue weighted by Gasteiger charge is -2.12. The van der Waals surface area contributed by atoms with Gasteiger partial charge in [-0.15, -0.1) is 0 Å². The molecule has 0 saturated heterocycles. The zero-order valence-electron chi connectivity index (χ0n) is 9.11. The van der Waals surface area contributed by atoms with Crippen molar-refractivity contribution in [1.29, 1.82) is 5.26 Å². The lowest BCUT2D eigenvalue weighted by Crippen LogP contribution is -2.30. The number of nitrogens with one attached hydrogen (secondary N) is 1. The van der Waals surface area contributed by atoms with Gasteiger partial charge in [-0.05, 0) is 18.6 Å². The molecular formula is C12H17N3. The Kier molecular flexibility index (Phi) is 5.42. The van der Waals surface area contributed by atoms with Crippen molar-refractivity contribution in [1.82, 2.24) is 10.3 Å². The van der Waals surface area contributed by atoms with Crippen LogP contribution in [0, 0.1) is 11.3 Å². The summed E-state index contributed by atoms with van der Waals surface area (Å²) < 4.78 is 0. The van der Waals surface area contributed by atoms with E-state index >= 15 is 0 Å². The fraction of sp³-hybridized carbons (Fsp3) is 0.500. The summed E-state index contributed by atoms with van der Waals surface area (Å²) in [6.07, 6.45) is 4.30. The average molecular weight is 203 g/mol. The van der Waals surface area contributed by atoms with Gasteiger partial charge in [0.1, 0.15) is 0 Å². The third kappa shape index (κ3) is 4.57. The minimum atomic E-state index is 0.318. The van der Waals surface area contributed by atoms with Crippen molar-refractivity contribution in [3.63, 3.8) is 0 Å². The van der Waals surface area contributed by atoms with E-state index in [4.69, 9.17) is 5.26 Å². The first kappa shape index (κ1) is 11.7. The predicted octanol–water partition coefficient (Wildman–Crippen LogP) is 1.91. The maximum absolute atomic E-state index is 8.58. The van der Waals surface area contributed by atoms with Crippen molar-refractivity contribution in [2.75, 3.05) is 6.54 Å². The summed E-state index contributed by atoms with van der Waals surface area (Å²) in [7, 11) is 0. The van der Waals surface area contributed by atoms with Crippen LogP contribution in [0.5, 0.6) is 0 Å². The predicted molar refractivity (Wildman–Crippen MR) is 60.3 cm³/mol. The molecule has 0 radical (unpaired) electrons. The van der Waals surface area contributed by atoms with E-state index in [0.717, 1.165) is 25.1 Å². The summed E-state index contributed by atoms with van der Waals surface area (Å²) in [5.74, 6) is 0. The standard InChI is InChI=1S/C12H17N3/c1-2-11(6-8-13)15-10-7-12-5-3-4-9-14-12/h3-5,9,11,15H,2,6-7,10H2,1H3. The highest BCUT2D eigenvalue weighted by Gasteiger charge is 2.03. The number of aromatic nitrogens is 1. The third-order valence-electron chi connectivity index (χ3n) is 2.37. The second-order valence-corrected chi connectivity index (χ2v) is 3.49. The Balaban J connectivity index is 2.24. The van der Waals surface area contributed by atoms with Crippen LogP contribution in [0.4, 0.5) is 0 Å². The van der Waals surface area contributed by atoms with Gasteiger partial charge in [0.15, 0.2) is 0 Å². The van der Waals surface area contributed by atoms with Gasteiger partial charge in [0.05, 0.1) is 12.5 Å². The summed E-state index contributed by atoms with van der Waals surface area (Å²) in [5.41, 5.74) is 1.09. The molecule has 1 unspecified atom stereocenters. The van der Waals surface area contributed by atoms with Crippen molar-refractivity contribution < 1.29 is 0 Å². The Labute approximate surface area is 91.1 Å². The number of nitriles is 1. The van der Waals surface area contributed by atoms with Crippen LogP contribution in [0.1, 0.15) is 25.5 Å². The van der Waals surface area contributed by atoms with Crippen LogP contribution in [0.15, 0.2) is 24.4 Å². The smallest absolute Gasteiger partial charge is 0.0638 e. The Morgan fingerprint density at radius 1 is 1.53 bits per heavy atom. The second kappa shape index (κ2) is 6.97. The molecule has 15 heavy (non-hydrogen) atoms. The van der Waals surface area contributed by atoms with Gasteiger partial charge in [0.2, 0.25) is 0 Å². The van der Waals surface area contributed by atoms with Gasteiger partial charge in [-0.3, -0.25) is 4.98 Å². The van der Waals surface area contributed by atoms with Crippen molar-refractivity contribution in [3.05, 3.63) is 30.1 Å². The van der Waals surface area contributed by atoms with E-state index < -0.39 is 0 Å². The Hall–Kier alpha value is -1.40. The first-order valence-electron chi connectivity index (χ1n) is 5.37. The minimum Gasteiger partial charge on any atom is -0.313 e. The van der Waals surface area contributed by atoms with Gasteiger partial charge in [0.25, 0.3) is 0 Å². The minimum absolute atomic E-state index is 0.318. The molecule has 0 aliphatic heterocycles. The molecule has 0 spiro atoms. The average Bonchev–Trinajstić information content (AvgIpc) is 2.29. The maximum Gasteiger partial charge on any atom is 0.0638 e. The molecule has 0 fully saturated rings. The van der Waals surface area contributed by atoms with Crippen molar-refractivity contribution in [3.8, 4) is 6.07 Å². The lowest BCUT2D eigenvalue weighted by molar-refractivity contribution is 0.507. The van der Waals surface area contributed by atoms with E-state index in [0.29, 0.717) is 12.5 Å². The summed E-state index contributed by atoms with van der Waals surface area (Å²) in [5, 5.41) is 11.9. The first-order chi connectivity index (χ1) is 7.36. The van der Waals surface area contributed by atoms with Crippen LogP contribution in [-0.2, 0) is 6.42 Å². The van der Waals surface area contributed by atoms with E-state index in [9.17, 15) is 0 Å². The number of rotatable bonds is 6. The topological polar surface area (TPSA) is 48.7 Å². The van der Waals surface area contributed by atoms with E-state index in [1.165, 1.54) is 0 Å². The first-order valence-corrected chi connectivity index (χ1v) is 5.37. The Bertz CT molecular complexity index is 302. The van der Waals surface area contributed by atoms with E-state index in [1.807, 2.05) is 24.4 Å². The van der Waals surface area contributed by atoms with Gasteiger partial charge < -0.3 is 5.32 Å². The molecular weight excluding hydrogens is 186 g/mol. The fourth-order valence-electron chi connectivity index (χ4n) is 1.42. The Morgan fingerprint density at radius 2 is 2.40 bits per heavy atom. The number of hydrogen-bond acceptors (Lipinski definition) is 3. The SMILES string of the molecule is CCC(CC#N)NCCc1ccccn1. The van der Waals surface area contributed by atoms with Crippen molar-refractivity contribution >= 4 is 0 Å². The van der Waals surface area contributed by atoms with Crippen LogP contribution in [0.2, 0.25) is 0 Å². The molecule has 1 heterocycles. The van der Waals surface area contributed by atoms with Gasteiger partial charge in [-0.25, -0.2) is 0 Å². The van der Waals surface area contributed by atoms with Crippen molar-refractivity contribution in [2.24, 2.45) is 0 Å². The van der Waals surface area contributed by atoms with Crippen LogP contribution in [0.25, 0.3) is 0 Å². The van der Waals surface area contributed by atoms with Crippen LogP contribution >= 0.6 is 0 Å². The highest BCUT2D eigenvalue weighted by molar-refractivity contribution is 5.03. The summed E-state index contributed by atoms with van der Waals surface area (Å²) in [4.78, 5) is 4.24. The zero-order valence-corrected chi connectivity index (χ0v) is 9.11. The molecule has 3 nitrogen and oxygen atoms in total. The van der Waals surface area contributed by atoms with Crippen LogP contribution < -0.4 is 5.32 Å². The van der Waals surface area contributed by atoms with Crippen molar-refractivity contribution in [2.45, 2.75) is 32.2 Å². The van der Waals surface area contributed by atoms with Gasteiger partial charge in [-0.1, -0.05) is 13.0 Å². The summed E-state index contributed by atoms with van der Waals surface area (Å²) in [6.45, 7) is 2.98. The zero-order chi connectivity index (χ0) is 10.9. The summed E-state index contributed by atoms with van der Waals surface area (Å²) in [6, 6.07) is 8.44. The molecule has 0 bridgehead atoms. The van der Waals surface area contributed by atoms with Crippen LogP contribution in [-0.4, -0.2) is 17.6 Å². The number of nitrogens with zero attached hydrogens (tertiary/aromatic N) is 2. The fourth-order valence-corrected chi connectivity index (χ4v) is 1.42. The van der Waals surface area contributed by atoms with E-state index in [2.05, 4.69) is 23.3 Å². The molecule has 3 heteroatoms. The molecule has 0 aromatic carbocycles. The molecule has 1 aromatic rings. The maximum atomic E-state index is 8.58. The number of hydrogen-bond donors (Lipinski definition) is 1. The summed E-state index contributed by atoms with van der Waals surface area (Å²) >= 11 is 0. The molecule has 0 amide bonds. The van der Waals surface area contributed by atoms with Gasteiger partial charge in [0, 0.05) is 30.9 Å². The van der Waals surface area contributed by atoms with E-state index in [1.54, 1.807) is 0 Å². The van der Waals surface area contributed by atoms with Gasteiger partial charge >= 0.3 is 0 Å². The molecule has 0 aliphatic carbocycles. The normalized spacial score (nSPS) is 12.0. The highest BCUT2D eigenvalue weighted by atomic mass is 14.9. The second-order valence-electron chi connectivity index (χ2n) is 3.49. The van der Waals surface area contributed by atoms with E-state index in [-0.39, 0.29) is 0 Å². The van der Waals surface area contributed by atoms with Crippen LogP contribution in [0.3, 0.4) is 0 Å². The third-order valence-corrected chi connectivity index (χ3v) is 2.37. The molecule has 1 atom stereocenters. The molecule has 1 aromatic heterocycles.